The molecular formula is C28H30FN3O3. The molecule has 0 radical (unpaired) electrons. The number of nitrogens with two attached hydrogens (primary N) is 1. The molecule has 1 aromatic heterocycles. The molecule has 0 aliphatic carbocycles. The summed E-state index contributed by atoms with van der Waals surface area (Å²) in [5.74, 6) is -0.557. The monoisotopic (exact) mass is 475 g/mol. The van der Waals surface area contributed by atoms with E-state index in [2.05, 4.69) is 4.98 Å². The van der Waals surface area contributed by atoms with Crippen LogP contribution < -0.4 is 11.2 Å². The third-order valence-corrected chi connectivity index (χ3v) is 6.59. The number of H-pyrrole nitrogens is 1. The largest absolute Gasteiger partial charge is 0.354 e. The summed E-state index contributed by atoms with van der Waals surface area (Å²) >= 11 is 0. The van der Waals surface area contributed by atoms with Crippen molar-refractivity contribution in [2.75, 3.05) is 6.54 Å². The Morgan fingerprint density at radius 2 is 1.80 bits per heavy atom. The lowest BCUT2D eigenvalue weighted by Crippen LogP contribution is -2.34. The quantitative estimate of drug-likeness (QED) is 0.374. The van der Waals surface area contributed by atoms with E-state index in [0.29, 0.717) is 41.9 Å². The lowest BCUT2D eigenvalue weighted by Gasteiger charge is -2.25. The van der Waals surface area contributed by atoms with Crippen LogP contribution in [0.15, 0.2) is 65.5 Å². The van der Waals surface area contributed by atoms with Gasteiger partial charge in [0.1, 0.15) is 5.82 Å². The number of aromatic nitrogens is 1. The van der Waals surface area contributed by atoms with Crippen molar-refractivity contribution >= 4 is 11.7 Å². The fourth-order valence-corrected chi connectivity index (χ4v) is 4.63. The minimum Gasteiger partial charge on any atom is -0.354 e. The Hall–Kier alpha value is -3.58. The Labute approximate surface area is 204 Å². The van der Waals surface area contributed by atoms with E-state index in [1.165, 1.54) is 18.2 Å². The SMILES string of the molecule is Cc1c(C(=O)CCCCc2ccc(F)cc2)[nH]c([C@@H]2C[C@@H](N)CN2C(=O)c2ccccc2)cc1=O. The van der Waals surface area contributed by atoms with E-state index in [-0.39, 0.29) is 35.4 Å². The van der Waals surface area contributed by atoms with Crippen LogP contribution in [0.3, 0.4) is 0 Å². The summed E-state index contributed by atoms with van der Waals surface area (Å²) in [5, 5.41) is 0. The highest BCUT2D eigenvalue weighted by molar-refractivity contribution is 5.96. The number of benzene rings is 2. The number of hydrogen-bond acceptors (Lipinski definition) is 4. The van der Waals surface area contributed by atoms with Crippen LogP contribution in [0.25, 0.3) is 0 Å². The number of unbranched alkanes of at least 4 members (excludes halogenated alkanes) is 1. The first kappa shape index (κ1) is 24.5. The highest BCUT2D eigenvalue weighted by Gasteiger charge is 2.36. The Kier molecular flexibility index (Phi) is 7.56. The summed E-state index contributed by atoms with van der Waals surface area (Å²) in [4.78, 5) is 43.8. The number of aryl methyl sites for hydroxylation is 1. The molecule has 2 aromatic carbocycles. The van der Waals surface area contributed by atoms with Crippen molar-refractivity contribution in [3.63, 3.8) is 0 Å². The highest BCUT2D eigenvalue weighted by atomic mass is 19.1. The first-order chi connectivity index (χ1) is 16.8. The van der Waals surface area contributed by atoms with E-state index in [9.17, 15) is 18.8 Å². The number of likely N-dealkylation sites (tertiary alicyclic amines) is 1. The molecule has 0 unspecified atom stereocenters. The van der Waals surface area contributed by atoms with Crippen molar-refractivity contribution in [2.45, 2.75) is 51.1 Å². The smallest absolute Gasteiger partial charge is 0.254 e. The molecule has 0 saturated carbocycles. The number of carbonyl (C=O) groups is 2. The van der Waals surface area contributed by atoms with Crippen LogP contribution in [-0.4, -0.2) is 34.2 Å². The fraction of sp³-hybridized carbons (Fsp3) is 0.321. The molecule has 3 N–H and O–H groups in total. The molecular weight excluding hydrogens is 445 g/mol. The number of halogens is 1. The second-order valence-corrected chi connectivity index (χ2v) is 9.18. The van der Waals surface area contributed by atoms with Gasteiger partial charge in [0.2, 0.25) is 0 Å². The number of Topliss-reactive ketones (excluding diaryl/α,β-unsaturated/α-hetero) is 1. The number of carbonyl (C=O) groups excluding carboxylic acids is 2. The fourth-order valence-electron chi connectivity index (χ4n) is 4.63. The van der Waals surface area contributed by atoms with E-state index in [0.717, 1.165) is 18.4 Å². The van der Waals surface area contributed by atoms with Crippen LogP contribution in [0.5, 0.6) is 0 Å². The predicted octanol–water partition coefficient (Wildman–Crippen LogP) is 4.33. The number of amides is 1. The van der Waals surface area contributed by atoms with Crippen molar-refractivity contribution in [1.29, 1.82) is 0 Å². The minimum atomic E-state index is -0.406. The van der Waals surface area contributed by atoms with Gasteiger partial charge in [0.25, 0.3) is 5.91 Å². The Balaban J connectivity index is 1.48. The molecule has 2 atom stereocenters. The summed E-state index contributed by atoms with van der Waals surface area (Å²) in [7, 11) is 0. The van der Waals surface area contributed by atoms with E-state index in [4.69, 9.17) is 5.73 Å². The van der Waals surface area contributed by atoms with Gasteiger partial charge in [0, 0.05) is 41.9 Å². The predicted molar refractivity (Wildman–Crippen MR) is 133 cm³/mol. The average molecular weight is 476 g/mol. The lowest BCUT2D eigenvalue weighted by molar-refractivity contribution is 0.0731. The van der Waals surface area contributed by atoms with Crippen LogP contribution in [-0.2, 0) is 6.42 Å². The highest BCUT2D eigenvalue weighted by Crippen LogP contribution is 2.31. The number of nitrogens with one attached hydrogen (secondary N) is 1. The summed E-state index contributed by atoms with van der Waals surface area (Å²) in [5.41, 5.74) is 8.74. The molecule has 0 bridgehead atoms. The number of aromatic amines is 1. The van der Waals surface area contributed by atoms with Gasteiger partial charge in [-0.2, -0.15) is 0 Å². The van der Waals surface area contributed by atoms with Crippen LogP contribution in [0, 0.1) is 12.7 Å². The van der Waals surface area contributed by atoms with Gasteiger partial charge in [0.15, 0.2) is 11.2 Å². The maximum absolute atomic E-state index is 13.1. The molecule has 35 heavy (non-hydrogen) atoms. The molecule has 2 heterocycles. The van der Waals surface area contributed by atoms with Gasteiger partial charge in [-0.25, -0.2) is 4.39 Å². The standard InChI is InChI=1S/C28H30FN3O3/c1-18-26(34)16-23(24-15-22(30)17-32(24)28(35)20-8-3-2-4-9-20)31-27(18)25(33)10-6-5-7-19-11-13-21(29)14-12-19/h2-4,8-9,11-14,16,22,24H,5-7,10,15,17,30H2,1H3,(H,31,34)/t22-,24+/m1/s1. The van der Waals surface area contributed by atoms with Crippen LogP contribution in [0.2, 0.25) is 0 Å². The molecule has 182 valence electrons. The second kappa shape index (κ2) is 10.8. The number of pyridine rings is 1. The number of hydrogen-bond donors (Lipinski definition) is 2. The zero-order valence-corrected chi connectivity index (χ0v) is 19.8. The van der Waals surface area contributed by atoms with Crippen LogP contribution >= 0.6 is 0 Å². The first-order valence-corrected chi connectivity index (χ1v) is 12.0. The summed E-state index contributed by atoms with van der Waals surface area (Å²) < 4.78 is 13.1. The Morgan fingerprint density at radius 3 is 2.51 bits per heavy atom. The Morgan fingerprint density at radius 1 is 1.09 bits per heavy atom. The van der Waals surface area contributed by atoms with E-state index < -0.39 is 6.04 Å². The molecule has 3 aromatic rings. The molecule has 7 heteroatoms. The number of rotatable bonds is 8. The summed E-state index contributed by atoms with van der Waals surface area (Å²) in [6.45, 7) is 2.02. The molecule has 1 fully saturated rings. The van der Waals surface area contributed by atoms with Crippen molar-refractivity contribution in [1.82, 2.24) is 9.88 Å². The molecule has 1 aliphatic rings. The Bertz CT molecular complexity index is 1250. The maximum atomic E-state index is 13.1. The van der Waals surface area contributed by atoms with Gasteiger partial charge in [-0.05, 0) is 62.4 Å². The van der Waals surface area contributed by atoms with Gasteiger partial charge in [-0.15, -0.1) is 0 Å². The van der Waals surface area contributed by atoms with Crippen molar-refractivity contribution in [3.8, 4) is 0 Å². The second-order valence-electron chi connectivity index (χ2n) is 9.18. The van der Waals surface area contributed by atoms with E-state index >= 15 is 0 Å². The molecule has 1 aliphatic heterocycles. The third-order valence-electron chi connectivity index (χ3n) is 6.59. The van der Waals surface area contributed by atoms with Crippen molar-refractivity contribution in [2.24, 2.45) is 5.73 Å². The number of ketones is 1. The molecule has 6 nitrogen and oxygen atoms in total. The zero-order valence-electron chi connectivity index (χ0n) is 19.8. The van der Waals surface area contributed by atoms with E-state index in [1.54, 1.807) is 48.2 Å². The van der Waals surface area contributed by atoms with Gasteiger partial charge < -0.3 is 15.6 Å². The number of nitrogens with zero attached hydrogens (tertiary/aromatic N) is 1. The summed E-state index contributed by atoms with van der Waals surface area (Å²) in [6.07, 6.45) is 2.97. The maximum Gasteiger partial charge on any atom is 0.254 e. The van der Waals surface area contributed by atoms with Gasteiger partial charge >= 0.3 is 0 Å². The lowest BCUT2D eigenvalue weighted by atomic mass is 10.0. The van der Waals surface area contributed by atoms with Crippen LogP contribution in [0.4, 0.5) is 4.39 Å². The average Bonchev–Trinajstić information content (AvgIpc) is 3.26. The zero-order chi connectivity index (χ0) is 24.9. The van der Waals surface area contributed by atoms with Crippen molar-refractivity contribution < 1.29 is 14.0 Å². The van der Waals surface area contributed by atoms with Gasteiger partial charge in [-0.1, -0.05) is 30.3 Å². The minimum absolute atomic E-state index is 0.135. The van der Waals surface area contributed by atoms with Crippen LogP contribution in [0.1, 0.15) is 69.4 Å². The molecule has 1 saturated heterocycles. The van der Waals surface area contributed by atoms with Gasteiger partial charge in [0.05, 0.1) is 11.7 Å². The normalized spacial score (nSPS) is 17.5. The molecule has 1 amide bonds. The third kappa shape index (κ3) is 5.74. The van der Waals surface area contributed by atoms with Gasteiger partial charge in [-0.3, -0.25) is 14.4 Å². The first-order valence-electron chi connectivity index (χ1n) is 12.0. The van der Waals surface area contributed by atoms with Crippen molar-refractivity contribution in [3.05, 3.63) is 105 Å². The molecule has 0 spiro atoms. The summed E-state index contributed by atoms with van der Waals surface area (Å²) in [6, 6.07) is 16.2. The molecule has 4 rings (SSSR count). The topological polar surface area (TPSA) is 96.3 Å². The van der Waals surface area contributed by atoms with E-state index in [1.807, 2.05) is 6.07 Å².